The van der Waals surface area contributed by atoms with Gasteiger partial charge in [0.15, 0.2) is 0 Å². The Balaban J connectivity index is 0. The Morgan fingerprint density at radius 2 is 1.82 bits per heavy atom. The van der Waals surface area contributed by atoms with Gasteiger partial charge in [0.2, 0.25) is 0 Å². The van der Waals surface area contributed by atoms with Crippen LogP contribution in [0.2, 0.25) is 0 Å². The van der Waals surface area contributed by atoms with Gasteiger partial charge in [-0.05, 0) is 0 Å². The van der Waals surface area contributed by atoms with E-state index in [1.807, 2.05) is 21.1 Å². The molecule has 0 aromatic rings. The first kappa shape index (κ1) is 13.8. The molecule has 0 amide bonds. The number of hydrogen-bond donors (Lipinski definition) is 1. The minimum atomic E-state index is -1.14. The molecule has 0 aliphatic rings. The molecule has 0 heterocycles. The van der Waals surface area contributed by atoms with Crippen LogP contribution >= 0.6 is 0 Å². The molecule has 0 aromatic carbocycles. The molecule has 0 rings (SSSR count). The van der Waals surface area contributed by atoms with Gasteiger partial charge in [0.25, 0.3) is 0 Å². The molecular weight excluding hydrogens is 155 g/mol. The van der Waals surface area contributed by atoms with Crippen molar-refractivity contribution in [3.63, 3.8) is 0 Å². The summed E-state index contributed by atoms with van der Waals surface area (Å²) in [7, 11) is 5.72. The van der Waals surface area contributed by atoms with Gasteiger partial charge in [0.05, 0.1) is 27.7 Å². The first-order chi connectivity index (χ1) is 4.42. The molecular formula is C6H13N2NaO2. The maximum Gasteiger partial charge on any atom is 1.00 e. The van der Waals surface area contributed by atoms with Crippen molar-refractivity contribution in [2.45, 2.75) is 0 Å². The molecule has 0 spiro atoms. The third-order valence-corrected chi connectivity index (χ3v) is 0.834. The summed E-state index contributed by atoms with van der Waals surface area (Å²) in [5.74, 6) is -1.14. The molecule has 0 aliphatic carbocycles. The van der Waals surface area contributed by atoms with E-state index in [0.717, 1.165) is 6.08 Å². The van der Waals surface area contributed by atoms with Crippen molar-refractivity contribution in [3.8, 4) is 0 Å². The first-order valence-electron chi connectivity index (χ1n) is 3.02. The predicted octanol–water partition coefficient (Wildman–Crippen LogP) is -5.24. The fraction of sp³-hybridized carbons (Fsp3) is 0.667. The molecule has 0 aliphatic heterocycles. The van der Waals surface area contributed by atoms with Crippen LogP contribution in [0.4, 0.5) is 0 Å². The van der Waals surface area contributed by atoms with Crippen molar-refractivity contribution in [2.24, 2.45) is 0 Å². The second-order valence-corrected chi connectivity index (χ2v) is 2.90. The molecule has 0 saturated carbocycles. The van der Waals surface area contributed by atoms with Crippen LogP contribution in [0.1, 0.15) is 0 Å². The van der Waals surface area contributed by atoms with Crippen LogP contribution in [0.25, 0.3) is 0 Å². The van der Waals surface area contributed by atoms with Crippen molar-refractivity contribution in [2.75, 3.05) is 27.7 Å². The summed E-state index contributed by atoms with van der Waals surface area (Å²) in [5.41, 5.74) is 2.91. The van der Waals surface area contributed by atoms with Gasteiger partial charge in [-0.2, -0.15) is 5.43 Å². The zero-order chi connectivity index (χ0) is 8.20. The van der Waals surface area contributed by atoms with Crippen LogP contribution in [0.15, 0.2) is 12.0 Å². The number of nitrogens with one attached hydrogen (secondary N) is 1. The fourth-order valence-corrected chi connectivity index (χ4v) is 0.403. The summed E-state index contributed by atoms with van der Waals surface area (Å²) in [6.45, 7) is 0.325. The number of nitrogens with zero attached hydrogens (tertiary/aromatic N) is 1. The number of rotatable bonds is 3. The average Bonchev–Trinajstić information content (AvgIpc) is 1.59. The van der Waals surface area contributed by atoms with E-state index in [1.165, 1.54) is 0 Å². The summed E-state index contributed by atoms with van der Waals surface area (Å²) in [5, 5.41) is 19.7. The minimum Gasteiger partial charge on any atom is -0.884 e. The smallest absolute Gasteiger partial charge is 0.884 e. The van der Waals surface area contributed by atoms with E-state index in [1.54, 1.807) is 0 Å². The number of hydrogen-bond acceptors (Lipinski definition) is 3. The van der Waals surface area contributed by atoms with Gasteiger partial charge in [-0.3, -0.25) is 4.59 Å². The van der Waals surface area contributed by atoms with Crippen molar-refractivity contribution >= 4 is 0 Å². The molecule has 0 saturated heterocycles. The average molecular weight is 168 g/mol. The Bertz CT molecular complexity index is 127. The predicted molar refractivity (Wildman–Crippen MR) is 34.1 cm³/mol. The van der Waals surface area contributed by atoms with E-state index >= 15 is 0 Å². The third kappa shape index (κ3) is 13.3. The van der Waals surface area contributed by atoms with Gasteiger partial charge < -0.3 is 10.2 Å². The molecule has 5 heteroatoms. The summed E-state index contributed by atoms with van der Waals surface area (Å²) < 4.78 is 0.532. The molecule has 0 fully saturated rings. The molecule has 0 unspecified atom stereocenters. The van der Waals surface area contributed by atoms with E-state index < -0.39 is 5.95 Å². The van der Waals surface area contributed by atoms with Crippen LogP contribution < -0.4 is 45.2 Å². The van der Waals surface area contributed by atoms with Crippen LogP contribution in [0.3, 0.4) is 0 Å². The van der Waals surface area contributed by atoms with Gasteiger partial charge >= 0.3 is 29.6 Å². The van der Waals surface area contributed by atoms with Crippen molar-refractivity contribution in [1.82, 2.24) is 5.43 Å². The molecule has 11 heavy (non-hydrogen) atoms. The number of quaternary nitrogens is 1. The van der Waals surface area contributed by atoms with Crippen LogP contribution in [0.5, 0.6) is 0 Å². The molecule has 1 N–H and O–H groups in total. The van der Waals surface area contributed by atoms with Crippen molar-refractivity contribution < 1.29 is 44.4 Å². The zero-order valence-corrected chi connectivity index (χ0v) is 9.55. The largest absolute Gasteiger partial charge is 1.00 e. The van der Waals surface area contributed by atoms with Gasteiger partial charge in [-0.15, -0.1) is 0 Å². The summed E-state index contributed by atoms with van der Waals surface area (Å²) in [6.07, 6.45) is 1.07. The molecule has 4 nitrogen and oxygen atoms in total. The molecule has 0 radical (unpaired) electrons. The summed E-state index contributed by atoms with van der Waals surface area (Å²) in [4.78, 5) is 0. The zero-order valence-electron chi connectivity index (χ0n) is 7.55. The minimum absolute atomic E-state index is 0. The van der Waals surface area contributed by atoms with E-state index in [9.17, 15) is 10.2 Å². The Labute approximate surface area is 89.4 Å². The van der Waals surface area contributed by atoms with E-state index in [2.05, 4.69) is 5.43 Å². The van der Waals surface area contributed by atoms with E-state index in [4.69, 9.17) is 0 Å². The maximum absolute atomic E-state index is 9.87. The quantitative estimate of drug-likeness (QED) is 0.198. The van der Waals surface area contributed by atoms with E-state index in [0.29, 0.717) is 11.1 Å². The van der Waals surface area contributed by atoms with Gasteiger partial charge in [0.1, 0.15) is 0 Å². The SMILES string of the molecule is C[N+](C)(C)NCC=C([O-])[O-].[Na+]. The summed E-state index contributed by atoms with van der Waals surface area (Å²) >= 11 is 0. The van der Waals surface area contributed by atoms with Crippen LogP contribution in [-0.2, 0) is 0 Å². The first-order valence-corrected chi connectivity index (χ1v) is 3.02. The van der Waals surface area contributed by atoms with Gasteiger partial charge in [-0.1, -0.05) is 6.08 Å². The Hall–Kier alpha value is 0.260. The van der Waals surface area contributed by atoms with E-state index in [-0.39, 0.29) is 29.6 Å². The second kappa shape index (κ2) is 5.85. The van der Waals surface area contributed by atoms with Crippen molar-refractivity contribution in [1.29, 1.82) is 0 Å². The topological polar surface area (TPSA) is 58.1 Å². The standard InChI is InChI=1S/C6H14N2O2.Na/c1-8(2,3)7-5-4-6(9)10;/h4,7H,5H2,1-3H3,(H-,9,10);/q;+1/p-1. The molecule has 0 atom stereocenters. The van der Waals surface area contributed by atoms with Gasteiger partial charge in [-0.25, -0.2) is 5.95 Å². The normalized spacial score (nSPS) is 10.1. The molecule has 0 bridgehead atoms. The van der Waals surface area contributed by atoms with Gasteiger partial charge in [0, 0.05) is 0 Å². The Kier molecular flexibility index (Phi) is 7.36. The Morgan fingerprint density at radius 1 is 1.36 bits per heavy atom. The third-order valence-electron chi connectivity index (χ3n) is 0.834. The molecule has 0 aromatic heterocycles. The summed E-state index contributed by atoms with van der Waals surface area (Å²) in [6, 6.07) is 0. The Morgan fingerprint density at radius 3 is 2.09 bits per heavy atom. The maximum atomic E-state index is 9.87. The molecule has 60 valence electrons. The fourth-order valence-electron chi connectivity index (χ4n) is 0.403. The van der Waals surface area contributed by atoms with Crippen molar-refractivity contribution in [3.05, 3.63) is 12.0 Å². The second-order valence-electron chi connectivity index (χ2n) is 2.90. The monoisotopic (exact) mass is 168 g/mol. The van der Waals surface area contributed by atoms with Crippen LogP contribution in [-0.4, -0.2) is 32.3 Å². The van der Waals surface area contributed by atoms with Crippen LogP contribution in [0, 0.1) is 0 Å².